The van der Waals surface area contributed by atoms with Crippen molar-refractivity contribution >= 4 is 12.0 Å². The van der Waals surface area contributed by atoms with E-state index in [4.69, 9.17) is 4.74 Å². The fourth-order valence-electron chi connectivity index (χ4n) is 1.58. The van der Waals surface area contributed by atoms with Crippen LogP contribution < -0.4 is 0 Å². The molecule has 0 aromatic heterocycles. The second-order valence-electron chi connectivity index (χ2n) is 3.64. The van der Waals surface area contributed by atoms with Gasteiger partial charge in [0.15, 0.2) is 0 Å². The van der Waals surface area contributed by atoms with Crippen molar-refractivity contribution in [3.8, 4) is 0 Å². The number of hydrogen-bond donors (Lipinski definition) is 0. The lowest BCUT2D eigenvalue weighted by atomic mass is 10.2. The van der Waals surface area contributed by atoms with Gasteiger partial charge in [-0.1, -0.05) is 42.0 Å². The SMILES string of the molecule is CCOC(=O)C1C/C1=C\c1ccccc1. The second kappa shape index (κ2) is 4.30. The van der Waals surface area contributed by atoms with Gasteiger partial charge in [-0.2, -0.15) is 0 Å². The van der Waals surface area contributed by atoms with E-state index in [9.17, 15) is 4.79 Å². The molecule has 1 aromatic carbocycles. The number of rotatable bonds is 3. The summed E-state index contributed by atoms with van der Waals surface area (Å²) >= 11 is 0. The van der Waals surface area contributed by atoms with Crippen molar-refractivity contribution in [3.05, 3.63) is 41.5 Å². The topological polar surface area (TPSA) is 26.3 Å². The second-order valence-corrected chi connectivity index (χ2v) is 3.64. The van der Waals surface area contributed by atoms with Crippen LogP contribution >= 0.6 is 0 Å². The van der Waals surface area contributed by atoms with Gasteiger partial charge in [-0.3, -0.25) is 4.79 Å². The summed E-state index contributed by atoms with van der Waals surface area (Å²) in [5.74, 6) is -0.0650. The van der Waals surface area contributed by atoms with Crippen LogP contribution in [0.1, 0.15) is 18.9 Å². The Morgan fingerprint density at radius 1 is 1.47 bits per heavy atom. The standard InChI is InChI=1S/C13H14O2/c1-2-15-13(14)12-9-11(12)8-10-6-4-3-5-7-10/h3-8,12H,2,9H2,1H3/b11-8+. The van der Waals surface area contributed by atoms with Gasteiger partial charge in [0.25, 0.3) is 0 Å². The first-order chi connectivity index (χ1) is 7.31. The van der Waals surface area contributed by atoms with Gasteiger partial charge >= 0.3 is 5.97 Å². The molecular formula is C13H14O2. The lowest BCUT2D eigenvalue weighted by Crippen LogP contribution is -2.05. The summed E-state index contributed by atoms with van der Waals surface area (Å²) in [7, 11) is 0. The smallest absolute Gasteiger partial charge is 0.313 e. The van der Waals surface area contributed by atoms with E-state index in [1.807, 2.05) is 37.3 Å². The molecule has 1 aliphatic carbocycles. The first-order valence-electron chi connectivity index (χ1n) is 5.23. The van der Waals surface area contributed by atoms with Crippen LogP contribution in [0.3, 0.4) is 0 Å². The molecule has 2 rings (SSSR count). The molecule has 1 aromatic rings. The van der Waals surface area contributed by atoms with E-state index in [1.165, 1.54) is 5.57 Å². The van der Waals surface area contributed by atoms with Gasteiger partial charge in [0.1, 0.15) is 0 Å². The maximum absolute atomic E-state index is 11.3. The third-order valence-corrected chi connectivity index (χ3v) is 2.45. The minimum Gasteiger partial charge on any atom is -0.466 e. The predicted octanol–water partition coefficient (Wildman–Crippen LogP) is 2.65. The number of esters is 1. The minimum atomic E-state index is -0.0836. The van der Waals surface area contributed by atoms with Gasteiger partial charge in [0.2, 0.25) is 0 Å². The van der Waals surface area contributed by atoms with Gasteiger partial charge in [0, 0.05) is 0 Å². The Morgan fingerprint density at radius 3 is 2.87 bits per heavy atom. The molecule has 0 aliphatic heterocycles. The average Bonchev–Trinajstić information content (AvgIpc) is 2.99. The molecular weight excluding hydrogens is 188 g/mol. The van der Waals surface area contributed by atoms with Crippen LogP contribution in [0.5, 0.6) is 0 Å². The molecule has 0 radical (unpaired) electrons. The molecule has 0 saturated heterocycles. The molecule has 0 amide bonds. The van der Waals surface area contributed by atoms with E-state index >= 15 is 0 Å². The van der Waals surface area contributed by atoms with Crippen LogP contribution in [-0.2, 0) is 9.53 Å². The average molecular weight is 202 g/mol. The van der Waals surface area contributed by atoms with E-state index in [-0.39, 0.29) is 11.9 Å². The fraction of sp³-hybridized carbons (Fsp3) is 0.308. The Kier molecular flexibility index (Phi) is 2.86. The van der Waals surface area contributed by atoms with Crippen LogP contribution in [-0.4, -0.2) is 12.6 Å². The quantitative estimate of drug-likeness (QED) is 0.704. The van der Waals surface area contributed by atoms with Crippen LogP contribution in [0, 0.1) is 5.92 Å². The molecule has 2 nitrogen and oxygen atoms in total. The molecule has 1 fully saturated rings. The van der Waals surface area contributed by atoms with E-state index < -0.39 is 0 Å². The molecule has 0 bridgehead atoms. The predicted molar refractivity (Wildman–Crippen MR) is 59.2 cm³/mol. The molecule has 0 N–H and O–H groups in total. The van der Waals surface area contributed by atoms with E-state index in [2.05, 4.69) is 6.08 Å². The van der Waals surface area contributed by atoms with E-state index in [0.717, 1.165) is 12.0 Å². The molecule has 2 heteroatoms. The summed E-state index contributed by atoms with van der Waals surface area (Å²) in [6, 6.07) is 10.0. The number of hydrogen-bond acceptors (Lipinski definition) is 2. The summed E-state index contributed by atoms with van der Waals surface area (Å²) in [5, 5.41) is 0. The lowest BCUT2D eigenvalue weighted by Gasteiger charge is -1.96. The van der Waals surface area contributed by atoms with Gasteiger partial charge in [-0.15, -0.1) is 0 Å². The first-order valence-corrected chi connectivity index (χ1v) is 5.23. The van der Waals surface area contributed by atoms with E-state index in [0.29, 0.717) is 6.61 Å². The van der Waals surface area contributed by atoms with Gasteiger partial charge in [-0.05, 0) is 18.9 Å². The molecule has 1 atom stereocenters. The van der Waals surface area contributed by atoms with Crippen molar-refractivity contribution in [1.82, 2.24) is 0 Å². The van der Waals surface area contributed by atoms with Crippen LogP contribution in [0.2, 0.25) is 0 Å². The lowest BCUT2D eigenvalue weighted by molar-refractivity contribution is -0.144. The van der Waals surface area contributed by atoms with Crippen molar-refractivity contribution in [2.45, 2.75) is 13.3 Å². The monoisotopic (exact) mass is 202 g/mol. The third-order valence-electron chi connectivity index (χ3n) is 2.45. The normalized spacial score (nSPS) is 21.4. The summed E-state index contributed by atoms with van der Waals surface area (Å²) in [4.78, 5) is 11.3. The summed E-state index contributed by atoms with van der Waals surface area (Å²) in [5.41, 5.74) is 2.33. The Balaban J connectivity index is 1.99. The maximum atomic E-state index is 11.3. The summed E-state index contributed by atoms with van der Waals surface area (Å²) < 4.78 is 4.95. The first kappa shape index (κ1) is 9.97. The van der Waals surface area contributed by atoms with Crippen molar-refractivity contribution in [1.29, 1.82) is 0 Å². The molecule has 0 spiro atoms. The van der Waals surface area contributed by atoms with E-state index in [1.54, 1.807) is 0 Å². The van der Waals surface area contributed by atoms with Gasteiger partial charge < -0.3 is 4.74 Å². The van der Waals surface area contributed by atoms with Gasteiger partial charge in [0.05, 0.1) is 12.5 Å². The molecule has 1 unspecified atom stereocenters. The Hall–Kier alpha value is -1.57. The highest BCUT2D eigenvalue weighted by Crippen LogP contribution is 2.40. The fourth-order valence-corrected chi connectivity index (χ4v) is 1.58. The van der Waals surface area contributed by atoms with Crippen molar-refractivity contribution in [2.24, 2.45) is 5.92 Å². The van der Waals surface area contributed by atoms with Crippen LogP contribution in [0.25, 0.3) is 6.08 Å². The zero-order valence-corrected chi connectivity index (χ0v) is 8.77. The third kappa shape index (κ3) is 2.46. The Labute approximate surface area is 89.6 Å². The van der Waals surface area contributed by atoms with Crippen LogP contribution in [0.15, 0.2) is 35.9 Å². The molecule has 1 aliphatic rings. The number of benzene rings is 1. The largest absolute Gasteiger partial charge is 0.466 e. The Bertz CT molecular complexity index is 379. The van der Waals surface area contributed by atoms with Crippen molar-refractivity contribution in [2.75, 3.05) is 6.61 Å². The van der Waals surface area contributed by atoms with Crippen molar-refractivity contribution < 1.29 is 9.53 Å². The molecule has 15 heavy (non-hydrogen) atoms. The highest BCUT2D eigenvalue weighted by atomic mass is 16.5. The van der Waals surface area contributed by atoms with Crippen LogP contribution in [0.4, 0.5) is 0 Å². The highest BCUT2D eigenvalue weighted by molar-refractivity contribution is 5.84. The number of ether oxygens (including phenoxy) is 1. The van der Waals surface area contributed by atoms with Gasteiger partial charge in [-0.25, -0.2) is 0 Å². The highest BCUT2D eigenvalue weighted by Gasteiger charge is 2.37. The molecule has 0 heterocycles. The van der Waals surface area contributed by atoms with Crippen molar-refractivity contribution in [3.63, 3.8) is 0 Å². The zero-order valence-electron chi connectivity index (χ0n) is 8.77. The number of carbonyl (C=O) groups is 1. The summed E-state index contributed by atoms with van der Waals surface area (Å²) in [6.07, 6.45) is 2.93. The summed E-state index contributed by atoms with van der Waals surface area (Å²) in [6.45, 7) is 2.30. The zero-order chi connectivity index (χ0) is 10.7. The maximum Gasteiger partial charge on any atom is 0.313 e. The number of carbonyl (C=O) groups excluding carboxylic acids is 1. The Morgan fingerprint density at radius 2 is 2.20 bits per heavy atom. The molecule has 78 valence electrons. The molecule has 1 saturated carbocycles. The minimum absolute atomic E-state index is 0.0187.